The predicted octanol–water partition coefficient (Wildman–Crippen LogP) is 1.42. The van der Waals surface area contributed by atoms with E-state index in [4.69, 9.17) is 5.84 Å². The molecule has 0 radical (unpaired) electrons. The van der Waals surface area contributed by atoms with E-state index in [0.717, 1.165) is 11.1 Å². The molecular weight excluding hydrogens is 219 g/mol. The first-order valence-electron chi connectivity index (χ1n) is 5.32. The minimum atomic E-state index is -0.251. The smallest absolute Gasteiger partial charge is 0.126 e. The third-order valence-corrected chi connectivity index (χ3v) is 2.75. The van der Waals surface area contributed by atoms with E-state index in [9.17, 15) is 4.39 Å². The maximum absolute atomic E-state index is 13.5. The second kappa shape index (κ2) is 4.65. The van der Waals surface area contributed by atoms with Gasteiger partial charge in [-0.25, -0.2) is 9.82 Å². The highest BCUT2D eigenvalue weighted by Crippen LogP contribution is 2.22. The van der Waals surface area contributed by atoms with Crippen molar-refractivity contribution in [1.29, 1.82) is 0 Å². The van der Waals surface area contributed by atoms with Crippen molar-refractivity contribution in [2.45, 2.75) is 13.0 Å². The molecule has 1 aromatic heterocycles. The minimum Gasteiger partial charge on any atom is -0.275 e. The lowest BCUT2D eigenvalue weighted by atomic mass is 10.0. The summed E-state index contributed by atoms with van der Waals surface area (Å²) in [5, 5.41) is 4.08. The summed E-state index contributed by atoms with van der Waals surface area (Å²) in [4.78, 5) is 0. The molecule has 1 unspecified atom stereocenters. The maximum Gasteiger partial charge on any atom is 0.126 e. The molecule has 0 fully saturated rings. The third-order valence-electron chi connectivity index (χ3n) is 2.75. The molecule has 0 bridgehead atoms. The lowest BCUT2D eigenvalue weighted by Crippen LogP contribution is -2.28. The van der Waals surface area contributed by atoms with E-state index in [0.29, 0.717) is 5.56 Å². The summed E-state index contributed by atoms with van der Waals surface area (Å²) in [6, 6.07) is 4.84. The van der Waals surface area contributed by atoms with Crippen LogP contribution in [-0.2, 0) is 7.05 Å². The molecule has 1 heterocycles. The van der Waals surface area contributed by atoms with Crippen LogP contribution in [0.4, 0.5) is 4.39 Å². The molecule has 4 nitrogen and oxygen atoms in total. The molecule has 17 heavy (non-hydrogen) atoms. The number of nitrogens with zero attached hydrogens (tertiary/aromatic N) is 2. The van der Waals surface area contributed by atoms with Gasteiger partial charge in [-0.2, -0.15) is 5.10 Å². The molecule has 90 valence electrons. The summed E-state index contributed by atoms with van der Waals surface area (Å²) in [6.45, 7) is 1.73. The Morgan fingerprint density at radius 3 is 2.71 bits per heavy atom. The average molecular weight is 234 g/mol. The number of rotatable bonds is 3. The maximum atomic E-state index is 13.5. The number of nitrogens with one attached hydrogen (secondary N) is 1. The summed E-state index contributed by atoms with van der Waals surface area (Å²) >= 11 is 0. The number of aromatic nitrogens is 2. The van der Waals surface area contributed by atoms with Crippen LogP contribution in [0.3, 0.4) is 0 Å². The number of hydrogen-bond donors (Lipinski definition) is 2. The largest absolute Gasteiger partial charge is 0.275 e. The molecule has 0 aliphatic carbocycles. The van der Waals surface area contributed by atoms with Crippen molar-refractivity contribution in [2.75, 3.05) is 0 Å². The molecule has 0 aliphatic rings. The Morgan fingerprint density at radius 2 is 2.18 bits per heavy atom. The Balaban J connectivity index is 2.38. The molecule has 1 aromatic carbocycles. The number of aryl methyl sites for hydroxylation is 2. The van der Waals surface area contributed by atoms with Gasteiger partial charge in [0.2, 0.25) is 0 Å². The Hall–Kier alpha value is -1.72. The van der Waals surface area contributed by atoms with Crippen LogP contribution in [0.1, 0.15) is 22.7 Å². The first-order chi connectivity index (χ1) is 8.11. The fourth-order valence-electron chi connectivity index (χ4n) is 1.76. The van der Waals surface area contributed by atoms with Gasteiger partial charge in [0.1, 0.15) is 5.82 Å². The van der Waals surface area contributed by atoms with E-state index >= 15 is 0 Å². The van der Waals surface area contributed by atoms with Crippen molar-refractivity contribution in [1.82, 2.24) is 15.2 Å². The fourth-order valence-corrected chi connectivity index (χ4v) is 1.76. The Kier molecular flexibility index (Phi) is 3.21. The van der Waals surface area contributed by atoms with Crippen molar-refractivity contribution >= 4 is 0 Å². The molecule has 0 saturated carbocycles. The summed E-state index contributed by atoms with van der Waals surface area (Å²) in [6.07, 6.45) is 3.56. The average Bonchev–Trinajstić information content (AvgIpc) is 2.71. The van der Waals surface area contributed by atoms with Gasteiger partial charge in [-0.05, 0) is 24.1 Å². The van der Waals surface area contributed by atoms with Gasteiger partial charge in [0.15, 0.2) is 0 Å². The van der Waals surface area contributed by atoms with Crippen molar-refractivity contribution in [3.63, 3.8) is 0 Å². The van der Waals surface area contributed by atoms with Crippen LogP contribution < -0.4 is 11.3 Å². The van der Waals surface area contributed by atoms with Crippen LogP contribution in [0.2, 0.25) is 0 Å². The van der Waals surface area contributed by atoms with E-state index in [-0.39, 0.29) is 11.9 Å². The van der Waals surface area contributed by atoms with Crippen molar-refractivity contribution in [3.05, 3.63) is 53.1 Å². The molecule has 2 rings (SSSR count). The molecule has 0 spiro atoms. The summed E-state index contributed by atoms with van der Waals surface area (Å²) in [7, 11) is 1.83. The summed E-state index contributed by atoms with van der Waals surface area (Å²) in [5.74, 6) is 5.29. The van der Waals surface area contributed by atoms with Crippen LogP contribution in [-0.4, -0.2) is 9.78 Å². The molecule has 5 heteroatoms. The van der Waals surface area contributed by atoms with Gasteiger partial charge < -0.3 is 0 Å². The normalized spacial score (nSPS) is 12.7. The lowest BCUT2D eigenvalue weighted by Gasteiger charge is -2.15. The van der Waals surface area contributed by atoms with Gasteiger partial charge in [-0.15, -0.1) is 0 Å². The van der Waals surface area contributed by atoms with Crippen molar-refractivity contribution < 1.29 is 4.39 Å². The first-order valence-corrected chi connectivity index (χ1v) is 5.32. The number of hydrogen-bond acceptors (Lipinski definition) is 3. The highest BCUT2D eigenvalue weighted by atomic mass is 19.1. The van der Waals surface area contributed by atoms with Crippen molar-refractivity contribution in [3.8, 4) is 0 Å². The van der Waals surface area contributed by atoms with E-state index < -0.39 is 0 Å². The quantitative estimate of drug-likeness (QED) is 0.624. The number of hydrazine groups is 1. The van der Waals surface area contributed by atoms with Crippen LogP contribution in [0.25, 0.3) is 0 Å². The standard InChI is InChI=1S/C12H15FN4/c1-8-3-4-9(5-11(8)13)12(16-14)10-6-15-17(2)7-10/h3-7,12,16H,14H2,1-2H3. The minimum absolute atomic E-state index is 0.230. The van der Waals surface area contributed by atoms with Gasteiger partial charge in [0.05, 0.1) is 12.2 Å². The highest BCUT2D eigenvalue weighted by Gasteiger charge is 2.15. The Bertz CT molecular complexity index is 521. The van der Waals surface area contributed by atoms with Crippen LogP contribution in [0.5, 0.6) is 0 Å². The third kappa shape index (κ3) is 2.35. The topological polar surface area (TPSA) is 55.9 Å². The molecule has 0 amide bonds. The Morgan fingerprint density at radius 1 is 1.41 bits per heavy atom. The van der Waals surface area contributed by atoms with Gasteiger partial charge >= 0.3 is 0 Å². The van der Waals surface area contributed by atoms with E-state index in [1.54, 1.807) is 23.9 Å². The summed E-state index contributed by atoms with van der Waals surface area (Å²) < 4.78 is 15.2. The van der Waals surface area contributed by atoms with Gasteiger partial charge in [0, 0.05) is 18.8 Å². The van der Waals surface area contributed by atoms with E-state index in [2.05, 4.69) is 10.5 Å². The zero-order valence-corrected chi connectivity index (χ0v) is 9.81. The van der Waals surface area contributed by atoms with Crippen LogP contribution >= 0.6 is 0 Å². The van der Waals surface area contributed by atoms with Crippen molar-refractivity contribution in [2.24, 2.45) is 12.9 Å². The number of nitrogens with two attached hydrogens (primary N) is 1. The van der Waals surface area contributed by atoms with Crippen LogP contribution in [0, 0.1) is 12.7 Å². The zero-order valence-electron chi connectivity index (χ0n) is 9.81. The monoisotopic (exact) mass is 234 g/mol. The molecule has 1 atom stereocenters. The fraction of sp³-hybridized carbons (Fsp3) is 0.250. The number of halogens is 1. The second-order valence-corrected chi connectivity index (χ2v) is 4.06. The van der Waals surface area contributed by atoms with Gasteiger partial charge in [-0.3, -0.25) is 10.5 Å². The lowest BCUT2D eigenvalue weighted by molar-refractivity contribution is 0.598. The molecule has 0 aliphatic heterocycles. The van der Waals surface area contributed by atoms with Gasteiger partial charge in [0.25, 0.3) is 0 Å². The zero-order chi connectivity index (χ0) is 12.4. The van der Waals surface area contributed by atoms with Gasteiger partial charge in [-0.1, -0.05) is 12.1 Å². The first kappa shape index (κ1) is 11.8. The van der Waals surface area contributed by atoms with Crippen LogP contribution in [0.15, 0.2) is 30.6 Å². The molecular formula is C12H15FN4. The Labute approximate surface area is 99.2 Å². The molecule has 2 aromatic rings. The number of benzene rings is 1. The van der Waals surface area contributed by atoms with E-state index in [1.165, 1.54) is 6.07 Å². The van der Waals surface area contributed by atoms with E-state index in [1.807, 2.05) is 19.3 Å². The molecule has 0 saturated heterocycles. The SMILES string of the molecule is Cc1ccc(C(NN)c2cnn(C)c2)cc1F. The summed E-state index contributed by atoms with van der Waals surface area (Å²) in [5.41, 5.74) is 4.98. The second-order valence-electron chi connectivity index (χ2n) is 4.06. The predicted molar refractivity (Wildman–Crippen MR) is 63.5 cm³/mol. The highest BCUT2D eigenvalue weighted by molar-refractivity contribution is 5.32. The molecule has 3 N–H and O–H groups in total.